The zero-order valence-electron chi connectivity index (χ0n) is 88.6. The molecule has 24 rings (SSSR count). The van der Waals surface area contributed by atoms with Gasteiger partial charge in [-0.1, -0.05) is 76.0 Å². The summed E-state index contributed by atoms with van der Waals surface area (Å²) in [5.41, 5.74) is 14.5. The number of piperidine rings is 3. The fourth-order valence-corrected chi connectivity index (χ4v) is 31.2. The summed E-state index contributed by atoms with van der Waals surface area (Å²) >= 11 is 0. The Morgan fingerprint density at radius 2 is 0.651 bits per heavy atom. The first kappa shape index (κ1) is 102. The SMILES string of the molecule is COc1ccc2c(c1)C1CC1(C(=O)N1CCCC3(CCN(C)C3)C1)Cn1c-2c(C2CCCCC2)c2ccc(C(=O)NS(=O)(=O)C(C)C)cc21.COc1ccc2c(c1)C1CC1(C(=O)N1CCCC3(CCN(C)C3=O)C1)Cn1c-2c(C2CCCCC2)c2ccc(C(=O)NS(=O)(=O)C(C)C)cc21.COc1ccc2c(c1)C1CC1(C(=O)N1CCCC3(CCN(C)C3=O)C1)Cn1c-2c(C2CCCCC2)c2ccc(C(=O)NS(=O)(=O)C(C)C)cc21. The van der Waals surface area contributed by atoms with Gasteiger partial charge in [0.05, 0.1) is 81.2 Å². The van der Waals surface area contributed by atoms with Gasteiger partial charge in [-0.3, -0.25) is 38.4 Å². The monoisotopic (exact) mass is 2090 g/mol. The molecule has 3 spiro atoms. The van der Waals surface area contributed by atoms with E-state index in [2.05, 4.69) is 81.1 Å². The van der Waals surface area contributed by atoms with E-state index in [-0.39, 0.29) is 63.8 Å². The molecule has 12 heterocycles. The third-order valence-electron chi connectivity index (χ3n) is 38.0. The molecule has 6 aliphatic carbocycles. The minimum Gasteiger partial charge on any atom is -0.497 e. The molecule has 0 bridgehead atoms. The number of benzene rings is 6. The van der Waals surface area contributed by atoms with E-state index in [1.54, 1.807) is 81.1 Å². The van der Waals surface area contributed by atoms with E-state index in [0.717, 1.165) is 256 Å². The minimum absolute atomic E-state index is 0.0169. The van der Waals surface area contributed by atoms with Crippen LogP contribution >= 0.6 is 0 Å². The van der Waals surface area contributed by atoms with Crippen molar-refractivity contribution in [1.82, 2.24) is 57.3 Å². The lowest BCUT2D eigenvalue weighted by molar-refractivity contribution is -0.147. The summed E-state index contributed by atoms with van der Waals surface area (Å²) in [6.45, 7) is 18.1. The van der Waals surface area contributed by atoms with Gasteiger partial charge in [-0.2, -0.15) is 0 Å². The van der Waals surface area contributed by atoms with Gasteiger partial charge < -0.3 is 57.3 Å². The topological polar surface area (TPSA) is 337 Å². The molecule has 149 heavy (non-hydrogen) atoms. The Morgan fingerprint density at radius 3 is 0.933 bits per heavy atom. The standard InChI is InChI=1S/2C39H48N4O6S.C39H50N4O5S/c2*1-24(2)50(47,48)40-35(44)26-11-13-29-32(19-26)43-23-39(37(46)42-17-8-15-38(22-42)16-18-41(3)36(38)45)21-31(39)30-20-27(49-4)12-14-28(30)34(43)33(29)25-9-6-5-7-10-25;1-25(2)49(46,47)40-36(44)27-11-13-30-33(19-27)43-24-39(37(45)42-17-8-15-38(23-42)16-18-41(3)22-38)21-32(39)31-20-28(48-4)12-14-29(31)35(43)34(30)26-9-6-5-7-10-26/h2*11-14,19-20,24-25,31H,5-10,15-18,21-23H2,1-4H3,(H,40,44);11-14,19-20,25-26,32H,5-10,15-18,21-24H2,1-4H3,(H,40,44). The third-order valence-corrected chi connectivity index (χ3v) is 43.1. The van der Waals surface area contributed by atoms with Crippen molar-refractivity contribution in [2.75, 3.05) is 108 Å². The van der Waals surface area contributed by atoms with E-state index in [1.165, 1.54) is 60.8 Å². The van der Waals surface area contributed by atoms with Crippen LogP contribution in [-0.2, 0) is 73.7 Å². The fourth-order valence-electron chi connectivity index (χ4n) is 29.4. The molecule has 6 aromatic carbocycles. The molecule has 0 radical (unpaired) electrons. The van der Waals surface area contributed by atoms with Crippen LogP contribution in [-0.4, -0.2) is 239 Å². The van der Waals surface area contributed by atoms with Crippen LogP contribution in [0.15, 0.2) is 109 Å². The number of nitrogens with zero attached hydrogens (tertiary/aromatic N) is 9. The van der Waals surface area contributed by atoms with Crippen LogP contribution in [0.1, 0.15) is 315 Å². The number of aromatic nitrogens is 3. The highest BCUT2D eigenvalue weighted by molar-refractivity contribution is 7.91. The van der Waals surface area contributed by atoms with Crippen molar-refractivity contribution in [1.29, 1.82) is 0 Å². The predicted molar refractivity (Wildman–Crippen MR) is 575 cm³/mol. The van der Waals surface area contributed by atoms with Gasteiger partial charge in [-0.25, -0.2) is 39.4 Å². The van der Waals surface area contributed by atoms with Gasteiger partial charge in [0.15, 0.2) is 0 Å². The first-order valence-electron chi connectivity index (χ1n) is 55.0. The molecule has 6 saturated carbocycles. The first-order chi connectivity index (χ1) is 71.2. The molecule has 3 N–H and O–H groups in total. The quantitative estimate of drug-likeness (QED) is 0.0718. The number of rotatable bonds is 18. The van der Waals surface area contributed by atoms with Crippen LogP contribution in [0.4, 0.5) is 0 Å². The minimum atomic E-state index is -3.83. The smallest absolute Gasteiger partial charge is 0.264 e. The number of methoxy groups -OCH3 is 3. The molecule has 12 fully saturated rings. The normalized spacial score (nSPS) is 26.7. The van der Waals surface area contributed by atoms with Gasteiger partial charge in [0.25, 0.3) is 17.7 Å². The Morgan fingerprint density at radius 1 is 0.342 bits per heavy atom. The Hall–Kier alpha value is -11.1. The second-order valence-electron chi connectivity index (χ2n) is 47.9. The van der Waals surface area contributed by atoms with Crippen LogP contribution in [0, 0.1) is 32.5 Å². The number of ether oxygens (including phenoxy) is 3. The molecular formula is C117H146N12O17S3. The fraction of sp³-hybridized carbons (Fsp3) is 0.573. The van der Waals surface area contributed by atoms with Crippen molar-refractivity contribution in [3.63, 3.8) is 0 Å². The lowest BCUT2D eigenvalue weighted by Crippen LogP contribution is -2.52. The Bertz CT molecular complexity index is 7070. The molecular weight excluding hydrogens is 1940 g/mol. The highest BCUT2D eigenvalue weighted by Crippen LogP contribution is 2.71. The Labute approximate surface area is 875 Å². The Balaban J connectivity index is 0.000000127. The van der Waals surface area contributed by atoms with Crippen LogP contribution in [0.2, 0.25) is 0 Å². The third kappa shape index (κ3) is 17.5. The molecule has 3 aromatic heterocycles. The molecule has 32 heteroatoms. The van der Waals surface area contributed by atoms with Crippen LogP contribution in [0.5, 0.6) is 17.2 Å². The maximum Gasteiger partial charge on any atom is 0.264 e. The van der Waals surface area contributed by atoms with Crippen LogP contribution in [0.3, 0.4) is 0 Å². The summed E-state index contributed by atoms with van der Waals surface area (Å²) in [4.78, 5) is 124. The molecule has 794 valence electrons. The molecule has 29 nitrogen and oxygen atoms in total. The molecule has 9 unspecified atom stereocenters. The number of carbonyl (C=O) groups is 8. The van der Waals surface area contributed by atoms with E-state index in [1.807, 2.05) is 88.3 Å². The van der Waals surface area contributed by atoms with Crippen molar-refractivity contribution < 1.29 is 77.8 Å². The number of hydrogen-bond acceptors (Lipinski definition) is 18. The molecule has 8 amide bonds. The maximum atomic E-state index is 15.0. The van der Waals surface area contributed by atoms with Crippen molar-refractivity contribution in [3.8, 4) is 51.0 Å². The zero-order chi connectivity index (χ0) is 105. The summed E-state index contributed by atoms with van der Waals surface area (Å²) in [6, 6.07) is 35.6. The second kappa shape index (κ2) is 38.3. The van der Waals surface area contributed by atoms with Crippen molar-refractivity contribution >= 4 is 110 Å². The molecule has 9 atom stereocenters. The average molecular weight is 2090 g/mol. The summed E-state index contributed by atoms with van der Waals surface area (Å²) in [6.07, 6.45) is 27.4. The number of nitrogens with one attached hydrogen (secondary N) is 3. The van der Waals surface area contributed by atoms with Crippen LogP contribution in [0.25, 0.3) is 66.5 Å². The van der Waals surface area contributed by atoms with Crippen LogP contribution < -0.4 is 28.4 Å². The summed E-state index contributed by atoms with van der Waals surface area (Å²) in [5.74, 6) is 2.18. The number of sulfonamides is 3. The number of carbonyl (C=O) groups excluding carboxylic acids is 8. The summed E-state index contributed by atoms with van der Waals surface area (Å²) in [7, 11) is -0.508. The van der Waals surface area contributed by atoms with E-state index < -0.39 is 90.6 Å². The molecule has 6 saturated heterocycles. The van der Waals surface area contributed by atoms with Gasteiger partial charge >= 0.3 is 0 Å². The van der Waals surface area contributed by atoms with Gasteiger partial charge in [-0.15, -0.1) is 0 Å². The molecule has 9 aliphatic heterocycles. The predicted octanol–water partition coefficient (Wildman–Crippen LogP) is 17.8. The average Bonchev–Trinajstić information content (AvgIpc) is 1.52. The highest BCUT2D eigenvalue weighted by Gasteiger charge is 2.69. The maximum absolute atomic E-state index is 15.0. The number of fused-ring (bicyclic) bond motifs is 21. The lowest BCUT2D eigenvalue weighted by atomic mass is 9.78. The van der Waals surface area contributed by atoms with Gasteiger partial charge in [0.1, 0.15) is 17.2 Å². The van der Waals surface area contributed by atoms with Crippen molar-refractivity contribution in [2.45, 2.75) is 286 Å². The number of hydrogen-bond donors (Lipinski definition) is 3. The largest absolute Gasteiger partial charge is 0.497 e. The van der Waals surface area contributed by atoms with E-state index in [4.69, 9.17) is 14.2 Å². The zero-order valence-corrected chi connectivity index (χ0v) is 91.0. The second-order valence-corrected chi connectivity index (χ2v) is 54.6. The van der Waals surface area contributed by atoms with Gasteiger partial charge in [0.2, 0.25) is 59.6 Å². The number of likely N-dealkylation sites (tertiary alicyclic amines) is 6. The van der Waals surface area contributed by atoms with Crippen molar-refractivity contribution in [3.05, 3.63) is 159 Å². The van der Waals surface area contributed by atoms with Gasteiger partial charge in [0, 0.05) is 182 Å². The summed E-state index contributed by atoms with van der Waals surface area (Å²) in [5, 5.41) is 0.965. The van der Waals surface area contributed by atoms with E-state index in [9.17, 15) is 49.2 Å². The highest BCUT2D eigenvalue weighted by atomic mass is 32.2. The molecule has 9 aromatic rings. The summed E-state index contributed by atoms with van der Waals surface area (Å²) < 4.78 is 107. The van der Waals surface area contributed by atoms with Gasteiger partial charge in [-0.05, 0) is 313 Å². The molecule has 15 aliphatic rings. The Kier molecular flexibility index (Phi) is 26.3. The van der Waals surface area contributed by atoms with Crippen molar-refractivity contribution in [2.24, 2.45) is 32.5 Å². The van der Waals surface area contributed by atoms with E-state index >= 15 is 14.4 Å². The lowest BCUT2D eigenvalue weighted by Gasteiger charge is -2.42. The van der Waals surface area contributed by atoms with E-state index in [0.29, 0.717) is 82.0 Å². The first-order valence-corrected chi connectivity index (χ1v) is 59.7. The number of amides is 8.